The normalized spacial score (nSPS) is 10.5. The van der Waals surface area contributed by atoms with Crippen molar-refractivity contribution in [1.29, 1.82) is 0 Å². The zero-order valence-electron chi connectivity index (χ0n) is 12.5. The van der Waals surface area contributed by atoms with Crippen LogP contribution >= 0.6 is 24.4 Å². The van der Waals surface area contributed by atoms with Crippen LogP contribution in [0.15, 0.2) is 0 Å². The summed E-state index contributed by atoms with van der Waals surface area (Å²) in [4.78, 5) is 38.1. The molecular formula is C14H14N4O2S2. The summed E-state index contributed by atoms with van der Waals surface area (Å²) in [5, 5.41) is 0. The Morgan fingerprint density at radius 2 is 1.14 bits per heavy atom. The van der Waals surface area contributed by atoms with Gasteiger partial charge in [-0.1, -0.05) is 0 Å². The van der Waals surface area contributed by atoms with Gasteiger partial charge in [0.25, 0.3) is 0 Å². The van der Waals surface area contributed by atoms with Gasteiger partial charge in [0.15, 0.2) is 21.1 Å². The molecule has 0 fully saturated rings. The summed E-state index contributed by atoms with van der Waals surface area (Å²) < 4.78 is 0.426. The minimum Gasteiger partial charge on any atom is -0.334 e. The SMILES string of the molecule is CC(=O)c1c(-c2nc(=S)[nH]c(C)c2C(C)=O)nc(=S)[nH]c1C. The van der Waals surface area contributed by atoms with E-state index in [2.05, 4.69) is 19.9 Å². The number of H-pyrrole nitrogens is 2. The molecule has 0 aromatic carbocycles. The lowest BCUT2D eigenvalue weighted by molar-refractivity contribution is 0.100. The van der Waals surface area contributed by atoms with Crippen molar-refractivity contribution >= 4 is 36.0 Å². The van der Waals surface area contributed by atoms with E-state index in [1.807, 2.05) is 0 Å². The molecule has 0 bridgehead atoms. The molecule has 0 atom stereocenters. The van der Waals surface area contributed by atoms with E-state index in [0.717, 1.165) is 0 Å². The smallest absolute Gasteiger partial charge is 0.197 e. The van der Waals surface area contributed by atoms with E-state index in [1.54, 1.807) is 13.8 Å². The molecule has 0 radical (unpaired) electrons. The molecule has 0 spiro atoms. The number of aromatic nitrogens is 4. The maximum Gasteiger partial charge on any atom is 0.197 e. The molecule has 0 saturated heterocycles. The van der Waals surface area contributed by atoms with Crippen LogP contribution < -0.4 is 0 Å². The lowest BCUT2D eigenvalue weighted by atomic mass is 10.00. The molecule has 8 heteroatoms. The molecule has 0 unspecified atom stereocenters. The van der Waals surface area contributed by atoms with Gasteiger partial charge in [0.05, 0.1) is 11.1 Å². The number of aryl methyl sites for hydroxylation is 2. The first-order chi connectivity index (χ1) is 10.2. The van der Waals surface area contributed by atoms with E-state index in [1.165, 1.54) is 13.8 Å². The van der Waals surface area contributed by atoms with Gasteiger partial charge in [-0.2, -0.15) is 0 Å². The van der Waals surface area contributed by atoms with E-state index < -0.39 is 0 Å². The van der Waals surface area contributed by atoms with E-state index in [4.69, 9.17) is 24.4 Å². The number of carbonyl (C=O) groups excluding carboxylic acids is 2. The quantitative estimate of drug-likeness (QED) is 0.661. The molecular weight excluding hydrogens is 320 g/mol. The number of rotatable bonds is 3. The fraction of sp³-hybridized carbons (Fsp3) is 0.286. The van der Waals surface area contributed by atoms with E-state index in [-0.39, 0.29) is 32.5 Å². The summed E-state index contributed by atoms with van der Waals surface area (Å²) >= 11 is 10.2. The van der Waals surface area contributed by atoms with Crippen LogP contribution in [0.3, 0.4) is 0 Å². The van der Waals surface area contributed by atoms with Gasteiger partial charge in [-0.25, -0.2) is 9.97 Å². The van der Waals surface area contributed by atoms with Crippen LogP contribution in [-0.4, -0.2) is 31.5 Å². The summed E-state index contributed by atoms with van der Waals surface area (Å²) in [5.41, 5.74) is 2.42. The number of Topliss-reactive ketones (excluding diaryl/α,β-unsaturated/α-hetero) is 2. The Bertz CT molecular complexity index is 837. The summed E-state index contributed by atoms with van der Waals surface area (Å²) in [6.07, 6.45) is 0. The number of hydrogen-bond donors (Lipinski definition) is 2. The Hall–Kier alpha value is -2.06. The molecule has 2 aromatic rings. The number of nitrogens with zero attached hydrogens (tertiary/aromatic N) is 2. The van der Waals surface area contributed by atoms with Crippen LogP contribution in [0.25, 0.3) is 11.4 Å². The first-order valence-corrected chi connectivity index (χ1v) is 7.28. The van der Waals surface area contributed by atoms with Crippen molar-refractivity contribution in [1.82, 2.24) is 19.9 Å². The minimum atomic E-state index is -0.195. The monoisotopic (exact) mass is 334 g/mol. The van der Waals surface area contributed by atoms with Gasteiger partial charge >= 0.3 is 0 Å². The fourth-order valence-corrected chi connectivity index (χ4v) is 2.86. The van der Waals surface area contributed by atoms with Crippen LogP contribution in [0, 0.1) is 23.4 Å². The maximum absolute atomic E-state index is 12.0. The third kappa shape index (κ3) is 2.93. The van der Waals surface area contributed by atoms with Crippen LogP contribution in [0.1, 0.15) is 46.0 Å². The van der Waals surface area contributed by atoms with Gasteiger partial charge < -0.3 is 9.97 Å². The standard InChI is InChI=1S/C14H14N4O2S2/c1-5-9(7(3)19)11(17-13(21)15-5)12-10(8(4)20)6(2)16-14(22)18-12/h1-4H3,(H,15,17,21)(H,16,18,22). The van der Waals surface area contributed by atoms with Crippen LogP contribution in [0.2, 0.25) is 0 Å². The zero-order chi connectivity index (χ0) is 16.6. The Kier molecular flexibility index (Phi) is 4.43. The van der Waals surface area contributed by atoms with Crippen LogP contribution in [0.4, 0.5) is 0 Å². The van der Waals surface area contributed by atoms with Crippen molar-refractivity contribution in [3.8, 4) is 11.4 Å². The molecule has 0 aliphatic carbocycles. The van der Waals surface area contributed by atoms with Crippen molar-refractivity contribution in [3.63, 3.8) is 0 Å². The van der Waals surface area contributed by atoms with Crippen LogP contribution in [0.5, 0.6) is 0 Å². The second-order valence-electron chi connectivity index (χ2n) is 4.89. The van der Waals surface area contributed by atoms with E-state index >= 15 is 0 Å². The molecule has 0 aliphatic rings. The summed E-state index contributed by atoms with van der Waals surface area (Å²) in [6.45, 7) is 6.30. The largest absolute Gasteiger partial charge is 0.334 e. The van der Waals surface area contributed by atoms with Crippen molar-refractivity contribution < 1.29 is 9.59 Å². The molecule has 6 nitrogen and oxygen atoms in total. The Morgan fingerprint density at radius 1 is 0.818 bits per heavy atom. The Balaban J connectivity index is 3.00. The third-order valence-electron chi connectivity index (χ3n) is 3.17. The lowest BCUT2D eigenvalue weighted by Gasteiger charge is -2.12. The highest BCUT2D eigenvalue weighted by Gasteiger charge is 2.22. The zero-order valence-corrected chi connectivity index (χ0v) is 14.2. The van der Waals surface area contributed by atoms with Crippen molar-refractivity contribution in [2.24, 2.45) is 0 Å². The number of carbonyl (C=O) groups is 2. The molecule has 2 aromatic heterocycles. The topological polar surface area (TPSA) is 91.5 Å². The third-order valence-corrected chi connectivity index (χ3v) is 3.55. The molecule has 114 valence electrons. The van der Waals surface area contributed by atoms with Gasteiger partial charge in [-0.3, -0.25) is 9.59 Å². The molecule has 2 rings (SSSR count). The van der Waals surface area contributed by atoms with Crippen LogP contribution in [-0.2, 0) is 0 Å². The van der Waals surface area contributed by atoms with Crippen molar-refractivity contribution in [3.05, 3.63) is 32.1 Å². The first-order valence-electron chi connectivity index (χ1n) is 6.46. The highest BCUT2D eigenvalue weighted by atomic mass is 32.1. The summed E-state index contributed by atoms with van der Waals surface area (Å²) in [6, 6.07) is 0. The molecule has 0 aliphatic heterocycles. The average Bonchev–Trinajstić information content (AvgIpc) is 2.35. The van der Waals surface area contributed by atoms with Gasteiger partial charge in [-0.15, -0.1) is 0 Å². The molecule has 2 heterocycles. The molecule has 2 N–H and O–H groups in total. The van der Waals surface area contributed by atoms with E-state index in [9.17, 15) is 9.59 Å². The van der Waals surface area contributed by atoms with Gasteiger partial charge in [0.2, 0.25) is 0 Å². The average molecular weight is 334 g/mol. The number of hydrogen-bond acceptors (Lipinski definition) is 6. The minimum absolute atomic E-state index is 0.195. The summed E-state index contributed by atoms with van der Waals surface area (Å²) in [5.74, 6) is -0.391. The maximum atomic E-state index is 12.0. The highest BCUT2D eigenvalue weighted by molar-refractivity contribution is 7.71. The van der Waals surface area contributed by atoms with Crippen molar-refractivity contribution in [2.45, 2.75) is 27.7 Å². The van der Waals surface area contributed by atoms with E-state index in [0.29, 0.717) is 22.5 Å². The highest BCUT2D eigenvalue weighted by Crippen LogP contribution is 2.26. The fourth-order valence-electron chi connectivity index (χ4n) is 2.38. The second kappa shape index (κ2) is 5.98. The predicted molar refractivity (Wildman–Crippen MR) is 87.3 cm³/mol. The predicted octanol–water partition coefficient (Wildman–Crippen LogP) is 3.28. The van der Waals surface area contributed by atoms with Gasteiger partial charge in [-0.05, 0) is 52.1 Å². The Labute approximate surface area is 137 Å². The summed E-state index contributed by atoms with van der Waals surface area (Å²) in [7, 11) is 0. The Morgan fingerprint density at radius 3 is 1.41 bits per heavy atom. The molecule has 22 heavy (non-hydrogen) atoms. The number of ketones is 2. The second-order valence-corrected chi connectivity index (χ2v) is 5.67. The number of nitrogens with one attached hydrogen (secondary N) is 2. The van der Waals surface area contributed by atoms with Gasteiger partial charge in [0, 0.05) is 11.4 Å². The first kappa shape index (κ1) is 16.3. The van der Waals surface area contributed by atoms with Gasteiger partial charge in [0.1, 0.15) is 11.4 Å². The van der Waals surface area contributed by atoms with Crippen molar-refractivity contribution in [2.75, 3.05) is 0 Å². The number of aromatic amines is 2. The molecule has 0 saturated carbocycles. The lowest BCUT2D eigenvalue weighted by Crippen LogP contribution is -2.11. The molecule has 0 amide bonds.